The fourth-order valence-corrected chi connectivity index (χ4v) is 1.85. The predicted molar refractivity (Wildman–Crippen MR) is 72.3 cm³/mol. The number of nitrogens with one attached hydrogen (secondary N) is 1. The monoisotopic (exact) mass is 264 g/mol. The summed E-state index contributed by atoms with van der Waals surface area (Å²) in [5.74, 6) is -0.319. The first-order chi connectivity index (χ1) is 8.69. The number of anilines is 1. The summed E-state index contributed by atoms with van der Waals surface area (Å²) >= 11 is 5.83. The Morgan fingerprint density at radius 2 is 1.94 bits per heavy atom. The van der Waals surface area contributed by atoms with E-state index in [9.17, 15) is 4.39 Å². The van der Waals surface area contributed by atoms with E-state index in [1.807, 2.05) is 24.3 Å². The van der Waals surface area contributed by atoms with Crippen LogP contribution in [0.4, 0.5) is 10.1 Å². The average molecular weight is 265 g/mol. The van der Waals surface area contributed by atoms with E-state index in [4.69, 9.17) is 11.6 Å². The smallest absolute Gasteiger partial charge is 0.141 e. The standard InChI is InChI=1S/C14H14ClFN2/c1-2-13(14-8-5-11(16)9-17-14)18-12-6-3-10(15)4-7-12/h3-9,13,18H,2H2,1H3. The lowest BCUT2D eigenvalue weighted by Gasteiger charge is -2.17. The van der Waals surface area contributed by atoms with Gasteiger partial charge in [-0.25, -0.2) is 4.39 Å². The minimum atomic E-state index is -0.319. The molecule has 2 nitrogen and oxygen atoms in total. The van der Waals surface area contributed by atoms with Crippen LogP contribution in [0.3, 0.4) is 0 Å². The molecule has 0 spiro atoms. The number of hydrogen-bond acceptors (Lipinski definition) is 2. The Morgan fingerprint density at radius 3 is 2.50 bits per heavy atom. The first kappa shape index (κ1) is 12.8. The maximum absolute atomic E-state index is 12.8. The fraction of sp³-hybridized carbons (Fsp3) is 0.214. The van der Waals surface area contributed by atoms with Crippen molar-refractivity contribution in [3.63, 3.8) is 0 Å². The summed E-state index contributed by atoms with van der Waals surface area (Å²) in [6.45, 7) is 2.05. The van der Waals surface area contributed by atoms with Crippen LogP contribution in [0.2, 0.25) is 5.02 Å². The van der Waals surface area contributed by atoms with Crippen LogP contribution in [0.5, 0.6) is 0 Å². The van der Waals surface area contributed by atoms with Crippen molar-refractivity contribution in [2.75, 3.05) is 5.32 Å². The lowest BCUT2D eigenvalue weighted by Crippen LogP contribution is -2.11. The molecule has 0 radical (unpaired) electrons. The second-order valence-corrected chi connectivity index (χ2v) is 4.45. The third-order valence-electron chi connectivity index (χ3n) is 2.70. The van der Waals surface area contributed by atoms with E-state index >= 15 is 0 Å². The van der Waals surface area contributed by atoms with E-state index in [0.29, 0.717) is 5.02 Å². The van der Waals surface area contributed by atoms with Gasteiger partial charge in [-0.1, -0.05) is 18.5 Å². The fourth-order valence-electron chi connectivity index (χ4n) is 1.73. The highest BCUT2D eigenvalue weighted by molar-refractivity contribution is 6.30. The van der Waals surface area contributed by atoms with Crippen molar-refractivity contribution in [3.05, 3.63) is 59.1 Å². The van der Waals surface area contributed by atoms with Crippen LogP contribution in [0, 0.1) is 5.82 Å². The highest BCUT2D eigenvalue weighted by Crippen LogP contribution is 2.22. The molecule has 0 amide bonds. The van der Waals surface area contributed by atoms with Crippen LogP contribution >= 0.6 is 11.6 Å². The molecule has 1 atom stereocenters. The van der Waals surface area contributed by atoms with Gasteiger partial charge in [-0.15, -0.1) is 0 Å². The van der Waals surface area contributed by atoms with Gasteiger partial charge < -0.3 is 5.32 Å². The summed E-state index contributed by atoms with van der Waals surface area (Å²) in [6.07, 6.45) is 2.10. The number of halogens is 2. The normalized spacial score (nSPS) is 12.2. The Labute approximate surface area is 111 Å². The second-order valence-electron chi connectivity index (χ2n) is 4.01. The Hall–Kier alpha value is -1.61. The molecule has 2 aromatic rings. The van der Waals surface area contributed by atoms with E-state index in [0.717, 1.165) is 17.8 Å². The lowest BCUT2D eigenvalue weighted by atomic mass is 10.1. The summed E-state index contributed by atoms with van der Waals surface area (Å²) in [4.78, 5) is 4.10. The van der Waals surface area contributed by atoms with Crippen LogP contribution in [-0.4, -0.2) is 4.98 Å². The molecular weight excluding hydrogens is 251 g/mol. The van der Waals surface area contributed by atoms with Crippen molar-refractivity contribution in [1.29, 1.82) is 0 Å². The molecule has 1 heterocycles. The Balaban J connectivity index is 2.14. The number of rotatable bonds is 4. The van der Waals surface area contributed by atoms with Crippen LogP contribution in [0.25, 0.3) is 0 Å². The molecule has 1 unspecified atom stereocenters. The van der Waals surface area contributed by atoms with Gasteiger partial charge in [0.25, 0.3) is 0 Å². The third-order valence-corrected chi connectivity index (χ3v) is 2.95. The van der Waals surface area contributed by atoms with Crippen LogP contribution < -0.4 is 5.32 Å². The summed E-state index contributed by atoms with van der Waals surface area (Å²) in [7, 11) is 0. The molecule has 1 aromatic carbocycles. The van der Waals surface area contributed by atoms with Crippen LogP contribution in [-0.2, 0) is 0 Å². The molecule has 1 aromatic heterocycles. The van der Waals surface area contributed by atoms with Crippen molar-refractivity contribution in [2.24, 2.45) is 0 Å². The number of benzene rings is 1. The zero-order chi connectivity index (χ0) is 13.0. The first-order valence-corrected chi connectivity index (χ1v) is 6.20. The van der Waals surface area contributed by atoms with Crippen LogP contribution in [0.15, 0.2) is 42.6 Å². The number of nitrogens with zero attached hydrogens (tertiary/aromatic N) is 1. The number of pyridine rings is 1. The lowest BCUT2D eigenvalue weighted by molar-refractivity contribution is 0.614. The maximum atomic E-state index is 12.8. The number of hydrogen-bond donors (Lipinski definition) is 1. The molecular formula is C14H14ClFN2. The second kappa shape index (κ2) is 5.83. The third kappa shape index (κ3) is 3.20. The minimum absolute atomic E-state index is 0.0618. The SMILES string of the molecule is CCC(Nc1ccc(Cl)cc1)c1ccc(F)cn1. The first-order valence-electron chi connectivity index (χ1n) is 5.82. The molecule has 0 fully saturated rings. The Morgan fingerprint density at radius 1 is 1.22 bits per heavy atom. The summed E-state index contributed by atoms with van der Waals surface area (Å²) in [6, 6.07) is 10.7. The molecule has 0 aliphatic heterocycles. The highest BCUT2D eigenvalue weighted by atomic mass is 35.5. The van der Waals surface area contributed by atoms with E-state index in [1.54, 1.807) is 6.07 Å². The van der Waals surface area contributed by atoms with Gasteiger partial charge in [0.1, 0.15) is 5.82 Å². The van der Waals surface area contributed by atoms with Crippen molar-refractivity contribution in [2.45, 2.75) is 19.4 Å². The van der Waals surface area contributed by atoms with E-state index in [-0.39, 0.29) is 11.9 Å². The molecule has 4 heteroatoms. The largest absolute Gasteiger partial charge is 0.377 e. The van der Waals surface area contributed by atoms with E-state index in [2.05, 4.69) is 17.2 Å². The molecule has 1 N–H and O–H groups in total. The molecule has 0 saturated carbocycles. The minimum Gasteiger partial charge on any atom is -0.377 e. The van der Waals surface area contributed by atoms with Gasteiger partial charge in [-0.05, 0) is 42.8 Å². The maximum Gasteiger partial charge on any atom is 0.141 e. The highest BCUT2D eigenvalue weighted by Gasteiger charge is 2.10. The summed E-state index contributed by atoms with van der Waals surface area (Å²) in [5.41, 5.74) is 1.80. The van der Waals surface area contributed by atoms with Gasteiger partial charge in [-0.2, -0.15) is 0 Å². The van der Waals surface area contributed by atoms with Gasteiger partial charge in [0, 0.05) is 10.7 Å². The van der Waals surface area contributed by atoms with Gasteiger partial charge in [-0.3, -0.25) is 4.98 Å². The van der Waals surface area contributed by atoms with Crippen LogP contribution in [0.1, 0.15) is 25.1 Å². The zero-order valence-electron chi connectivity index (χ0n) is 10.0. The summed E-state index contributed by atoms with van der Waals surface area (Å²) < 4.78 is 12.8. The molecule has 2 rings (SSSR count). The zero-order valence-corrected chi connectivity index (χ0v) is 10.8. The Bertz CT molecular complexity index is 496. The topological polar surface area (TPSA) is 24.9 Å². The molecule has 0 saturated heterocycles. The molecule has 18 heavy (non-hydrogen) atoms. The molecule has 0 bridgehead atoms. The quantitative estimate of drug-likeness (QED) is 0.883. The molecule has 0 aliphatic rings. The average Bonchev–Trinajstić information content (AvgIpc) is 2.39. The van der Waals surface area contributed by atoms with Crippen molar-refractivity contribution in [1.82, 2.24) is 4.98 Å². The van der Waals surface area contributed by atoms with Crippen molar-refractivity contribution in [3.8, 4) is 0 Å². The van der Waals surface area contributed by atoms with Gasteiger partial charge >= 0.3 is 0 Å². The molecule has 0 aliphatic carbocycles. The van der Waals surface area contributed by atoms with E-state index < -0.39 is 0 Å². The van der Waals surface area contributed by atoms with Gasteiger partial charge in [0.2, 0.25) is 0 Å². The van der Waals surface area contributed by atoms with Crippen molar-refractivity contribution >= 4 is 17.3 Å². The van der Waals surface area contributed by atoms with Gasteiger partial charge in [0.15, 0.2) is 0 Å². The molecule has 94 valence electrons. The predicted octanol–water partition coefficient (Wildman–Crippen LogP) is 4.44. The Kier molecular flexibility index (Phi) is 4.15. The van der Waals surface area contributed by atoms with E-state index in [1.165, 1.54) is 12.3 Å². The van der Waals surface area contributed by atoms with Crippen molar-refractivity contribution < 1.29 is 4.39 Å². The van der Waals surface area contributed by atoms with Gasteiger partial charge in [0.05, 0.1) is 17.9 Å². The summed E-state index contributed by atoms with van der Waals surface area (Å²) in [5, 5.41) is 4.05. The number of aromatic nitrogens is 1.